The van der Waals surface area contributed by atoms with Gasteiger partial charge >= 0.3 is 0 Å². The van der Waals surface area contributed by atoms with E-state index in [0.29, 0.717) is 19.1 Å². The molecule has 2 aliphatic rings. The minimum absolute atomic E-state index is 0.0147. The Morgan fingerprint density at radius 1 is 1.04 bits per heavy atom. The number of nitrogens with zero attached hydrogens (tertiary/aromatic N) is 4. The Morgan fingerprint density at radius 2 is 1.60 bits per heavy atom. The van der Waals surface area contributed by atoms with Gasteiger partial charge in [0.15, 0.2) is 0 Å². The maximum Gasteiger partial charge on any atom is 0.238 e. The molecule has 1 aliphatic carbocycles. The molecule has 0 radical (unpaired) electrons. The third-order valence-electron chi connectivity index (χ3n) is 4.92. The first-order valence-electron chi connectivity index (χ1n) is 8.96. The van der Waals surface area contributed by atoms with E-state index in [-0.39, 0.29) is 11.8 Å². The van der Waals surface area contributed by atoms with Crippen molar-refractivity contribution in [3.63, 3.8) is 0 Å². The van der Waals surface area contributed by atoms with E-state index in [1.54, 1.807) is 4.68 Å². The zero-order valence-corrected chi connectivity index (χ0v) is 15.3. The van der Waals surface area contributed by atoms with Crippen LogP contribution in [0, 0.1) is 13.8 Å². The average molecular weight is 348 g/mol. The second-order valence-corrected chi connectivity index (χ2v) is 7.11. The van der Waals surface area contributed by atoms with Crippen molar-refractivity contribution in [2.75, 3.05) is 44.6 Å². The molecule has 25 heavy (non-hydrogen) atoms. The molecule has 1 saturated carbocycles. The van der Waals surface area contributed by atoms with Crippen molar-refractivity contribution in [3.8, 4) is 0 Å². The molecular formula is C17H28N6O2. The van der Waals surface area contributed by atoms with Crippen LogP contribution in [0.2, 0.25) is 0 Å². The molecule has 2 N–H and O–H groups in total. The summed E-state index contributed by atoms with van der Waals surface area (Å²) in [4.78, 5) is 28.5. The minimum Gasteiger partial charge on any atom is -0.352 e. The van der Waals surface area contributed by atoms with Crippen LogP contribution >= 0.6 is 0 Å². The van der Waals surface area contributed by atoms with Gasteiger partial charge in [-0.3, -0.25) is 24.1 Å². The molecular weight excluding hydrogens is 320 g/mol. The highest BCUT2D eigenvalue weighted by molar-refractivity contribution is 5.93. The number of carbonyl (C=O) groups excluding carboxylic acids is 2. The summed E-state index contributed by atoms with van der Waals surface area (Å²) in [5, 5.41) is 10.3. The van der Waals surface area contributed by atoms with Gasteiger partial charge in [0.05, 0.1) is 30.2 Å². The fourth-order valence-corrected chi connectivity index (χ4v) is 3.15. The molecule has 0 aromatic carbocycles. The number of amides is 2. The van der Waals surface area contributed by atoms with Crippen LogP contribution < -0.4 is 10.6 Å². The summed E-state index contributed by atoms with van der Waals surface area (Å²) >= 11 is 0. The predicted octanol–water partition coefficient (Wildman–Crippen LogP) is -0.128. The lowest BCUT2D eigenvalue weighted by Gasteiger charge is -2.33. The highest BCUT2D eigenvalue weighted by Crippen LogP contribution is 2.19. The maximum absolute atomic E-state index is 12.3. The Bertz CT molecular complexity index is 644. The number of nitrogens with one attached hydrogen (secondary N) is 2. The van der Waals surface area contributed by atoms with Gasteiger partial charge in [-0.2, -0.15) is 5.10 Å². The van der Waals surface area contributed by atoms with Gasteiger partial charge < -0.3 is 10.6 Å². The summed E-state index contributed by atoms with van der Waals surface area (Å²) in [7, 11) is 1.87. The molecule has 2 fully saturated rings. The zero-order valence-electron chi connectivity index (χ0n) is 15.3. The maximum atomic E-state index is 12.3. The van der Waals surface area contributed by atoms with Gasteiger partial charge in [0.25, 0.3) is 0 Å². The first-order valence-corrected chi connectivity index (χ1v) is 8.96. The number of hydrogen-bond donors (Lipinski definition) is 2. The Kier molecular flexibility index (Phi) is 5.39. The van der Waals surface area contributed by atoms with E-state index in [9.17, 15) is 9.59 Å². The molecule has 0 spiro atoms. The molecule has 3 rings (SSSR count). The van der Waals surface area contributed by atoms with E-state index < -0.39 is 0 Å². The largest absolute Gasteiger partial charge is 0.352 e. The number of hydrogen-bond acceptors (Lipinski definition) is 5. The number of piperazine rings is 1. The van der Waals surface area contributed by atoms with E-state index in [2.05, 4.69) is 25.5 Å². The van der Waals surface area contributed by atoms with Crippen molar-refractivity contribution in [1.29, 1.82) is 0 Å². The molecule has 1 saturated heterocycles. The Hall–Kier alpha value is -1.93. The Balaban J connectivity index is 1.40. The van der Waals surface area contributed by atoms with Crippen molar-refractivity contribution < 1.29 is 9.59 Å². The summed E-state index contributed by atoms with van der Waals surface area (Å²) in [6.45, 7) is 7.91. The van der Waals surface area contributed by atoms with Crippen molar-refractivity contribution in [2.45, 2.75) is 32.7 Å². The lowest BCUT2D eigenvalue weighted by molar-refractivity contribution is -0.123. The molecule has 1 aliphatic heterocycles. The van der Waals surface area contributed by atoms with E-state index in [1.165, 1.54) is 0 Å². The van der Waals surface area contributed by atoms with Gasteiger partial charge in [0.2, 0.25) is 11.8 Å². The van der Waals surface area contributed by atoms with Crippen LogP contribution in [0.5, 0.6) is 0 Å². The number of aryl methyl sites for hydroxylation is 2. The lowest BCUT2D eigenvalue weighted by atomic mass is 10.3. The predicted molar refractivity (Wildman–Crippen MR) is 95.4 cm³/mol. The fourth-order valence-electron chi connectivity index (χ4n) is 3.15. The SMILES string of the molecule is Cc1nn(C)c(C)c1NC(=O)CN1CCN(CC(=O)NC2CC2)CC1. The van der Waals surface area contributed by atoms with E-state index in [4.69, 9.17) is 0 Å². The summed E-state index contributed by atoms with van der Waals surface area (Å²) in [6, 6.07) is 0.414. The van der Waals surface area contributed by atoms with Crippen LogP contribution in [0.3, 0.4) is 0 Å². The monoisotopic (exact) mass is 348 g/mol. The van der Waals surface area contributed by atoms with Crippen LogP contribution in [-0.2, 0) is 16.6 Å². The molecule has 2 amide bonds. The first-order chi connectivity index (χ1) is 11.9. The van der Waals surface area contributed by atoms with Gasteiger partial charge in [-0.1, -0.05) is 0 Å². The van der Waals surface area contributed by atoms with Gasteiger partial charge in [0, 0.05) is 39.3 Å². The molecule has 0 bridgehead atoms. The van der Waals surface area contributed by atoms with Crippen LogP contribution in [0.4, 0.5) is 5.69 Å². The van der Waals surface area contributed by atoms with E-state index in [1.807, 2.05) is 20.9 Å². The van der Waals surface area contributed by atoms with Crippen molar-refractivity contribution in [3.05, 3.63) is 11.4 Å². The van der Waals surface area contributed by atoms with Crippen molar-refractivity contribution in [2.24, 2.45) is 7.05 Å². The smallest absolute Gasteiger partial charge is 0.238 e. The molecule has 1 aromatic rings. The minimum atomic E-state index is -0.0147. The third-order valence-corrected chi connectivity index (χ3v) is 4.92. The summed E-state index contributed by atoms with van der Waals surface area (Å²) in [5.74, 6) is 0.107. The molecule has 0 unspecified atom stereocenters. The highest BCUT2D eigenvalue weighted by atomic mass is 16.2. The molecule has 8 heteroatoms. The number of aromatic nitrogens is 2. The number of carbonyl (C=O) groups is 2. The highest BCUT2D eigenvalue weighted by Gasteiger charge is 2.25. The van der Waals surface area contributed by atoms with Crippen molar-refractivity contribution in [1.82, 2.24) is 24.9 Å². The van der Waals surface area contributed by atoms with Crippen LogP contribution in [-0.4, -0.2) is 76.7 Å². The third kappa shape index (κ3) is 4.79. The molecule has 1 aromatic heterocycles. The van der Waals surface area contributed by atoms with Crippen LogP contribution in [0.1, 0.15) is 24.2 Å². The summed E-state index contributed by atoms with van der Waals surface area (Å²) in [6.07, 6.45) is 2.23. The second kappa shape index (κ2) is 7.53. The van der Waals surface area contributed by atoms with E-state index >= 15 is 0 Å². The lowest BCUT2D eigenvalue weighted by Crippen LogP contribution is -2.51. The normalized spacial score (nSPS) is 19.0. The first kappa shape index (κ1) is 17.9. The van der Waals surface area contributed by atoms with Gasteiger partial charge in [-0.05, 0) is 26.7 Å². The average Bonchev–Trinajstić information content (AvgIpc) is 3.33. The number of rotatable bonds is 6. The van der Waals surface area contributed by atoms with Crippen LogP contribution in [0.25, 0.3) is 0 Å². The molecule has 0 atom stereocenters. The van der Waals surface area contributed by atoms with Crippen molar-refractivity contribution >= 4 is 17.5 Å². The molecule has 2 heterocycles. The van der Waals surface area contributed by atoms with Gasteiger partial charge in [0.1, 0.15) is 0 Å². The van der Waals surface area contributed by atoms with Gasteiger partial charge in [-0.15, -0.1) is 0 Å². The summed E-state index contributed by atoms with van der Waals surface area (Å²) in [5.41, 5.74) is 2.60. The van der Waals surface area contributed by atoms with Gasteiger partial charge in [-0.25, -0.2) is 0 Å². The Morgan fingerprint density at radius 3 is 2.08 bits per heavy atom. The zero-order chi connectivity index (χ0) is 18.0. The topological polar surface area (TPSA) is 82.5 Å². The second-order valence-electron chi connectivity index (χ2n) is 7.11. The fraction of sp³-hybridized carbons (Fsp3) is 0.706. The summed E-state index contributed by atoms with van der Waals surface area (Å²) < 4.78 is 1.77. The molecule has 8 nitrogen and oxygen atoms in total. The quantitative estimate of drug-likeness (QED) is 0.748. The number of anilines is 1. The van der Waals surface area contributed by atoms with Crippen LogP contribution in [0.15, 0.2) is 0 Å². The standard InChI is InChI=1S/C17H28N6O2/c1-12-17(13(2)21(3)20-12)19-16(25)11-23-8-6-22(7-9-23)10-15(24)18-14-4-5-14/h14H,4-11H2,1-3H3,(H,18,24)(H,19,25). The Labute approximate surface area is 148 Å². The van der Waals surface area contributed by atoms with E-state index in [0.717, 1.165) is 56.1 Å². The molecule has 138 valence electrons.